The second kappa shape index (κ2) is 4.00. The van der Waals surface area contributed by atoms with Gasteiger partial charge in [-0.2, -0.15) is 0 Å². The van der Waals surface area contributed by atoms with Crippen molar-refractivity contribution in [3.05, 3.63) is 0 Å². The summed E-state index contributed by atoms with van der Waals surface area (Å²) in [6, 6.07) is 0. The summed E-state index contributed by atoms with van der Waals surface area (Å²) in [6.45, 7) is 2.46. The summed E-state index contributed by atoms with van der Waals surface area (Å²) in [4.78, 5) is 20.8. The average molecular weight is 146 g/mol. The van der Waals surface area contributed by atoms with Gasteiger partial charge in [-0.1, -0.05) is 13.8 Å². The number of hydrogen-bond donors (Lipinski definition) is 1. The van der Waals surface area contributed by atoms with Crippen LogP contribution in [0, 0.1) is 5.92 Å². The number of carbonyl (C=O) groups excluding carboxylic acids is 2. The SMILES string of the molecule is CC(C)C(=O)OC(=O)CO. The van der Waals surface area contributed by atoms with E-state index in [-0.39, 0.29) is 5.92 Å². The van der Waals surface area contributed by atoms with Crippen LogP contribution in [0.1, 0.15) is 13.8 Å². The Balaban J connectivity index is 3.69. The van der Waals surface area contributed by atoms with Crippen LogP contribution >= 0.6 is 0 Å². The Morgan fingerprint density at radius 3 is 2.30 bits per heavy atom. The highest BCUT2D eigenvalue weighted by atomic mass is 16.6. The van der Waals surface area contributed by atoms with Gasteiger partial charge in [-0.25, -0.2) is 4.79 Å². The number of rotatable bonds is 2. The average Bonchev–Trinajstić information content (AvgIpc) is 1.87. The molecule has 0 radical (unpaired) electrons. The van der Waals surface area contributed by atoms with Gasteiger partial charge < -0.3 is 9.84 Å². The smallest absolute Gasteiger partial charge is 0.339 e. The molecule has 1 N–H and O–H groups in total. The zero-order valence-electron chi connectivity index (χ0n) is 5.96. The van der Waals surface area contributed by atoms with Crippen LogP contribution in [0.2, 0.25) is 0 Å². The number of carbonyl (C=O) groups is 2. The Hall–Kier alpha value is -0.900. The second-order valence-corrected chi connectivity index (χ2v) is 2.11. The summed E-state index contributed by atoms with van der Waals surface area (Å²) in [5.74, 6) is -1.85. The topological polar surface area (TPSA) is 63.6 Å². The Morgan fingerprint density at radius 1 is 1.50 bits per heavy atom. The number of hydrogen-bond acceptors (Lipinski definition) is 4. The third-order valence-electron chi connectivity index (χ3n) is 0.815. The van der Waals surface area contributed by atoms with Crippen LogP contribution in [0.25, 0.3) is 0 Å². The molecule has 0 fully saturated rings. The molecule has 0 heterocycles. The van der Waals surface area contributed by atoms with Crippen LogP contribution in [0.15, 0.2) is 0 Å². The van der Waals surface area contributed by atoms with E-state index < -0.39 is 18.5 Å². The van der Waals surface area contributed by atoms with Crippen molar-refractivity contribution in [1.82, 2.24) is 0 Å². The van der Waals surface area contributed by atoms with E-state index in [0.717, 1.165) is 0 Å². The number of aliphatic hydroxyl groups excluding tert-OH is 1. The number of esters is 2. The van der Waals surface area contributed by atoms with E-state index in [0.29, 0.717) is 0 Å². The van der Waals surface area contributed by atoms with E-state index in [1.165, 1.54) is 0 Å². The molecule has 58 valence electrons. The van der Waals surface area contributed by atoms with Gasteiger partial charge in [0.05, 0.1) is 5.92 Å². The first-order valence-electron chi connectivity index (χ1n) is 2.93. The minimum absolute atomic E-state index is 0.337. The molecular formula is C6H10O4. The molecule has 4 heteroatoms. The Morgan fingerprint density at radius 2 is 2.00 bits per heavy atom. The molecule has 0 aliphatic carbocycles. The molecule has 4 nitrogen and oxygen atoms in total. The minimum atomic E-state index is -0.904. The highest BCUT2D eigenvalue weighted by Gasteiger charge is 2.12. The highest BCUT2D eigenvalue weighted by Crippen LogP contribution is 1.95. The first-order chi connectivity index (χ1) is 4.57. The van der Waals surface area contributed by atoms with Crippen molar-refractivity contribution in [1.29, 1.82) is 0 Å². The van der Waals surface area contributed by atoms with Crippen molar-refractivity contribution in [2.24, 2.45) is 5.92 Å². The van der Waals surface area contributed by atoms with Gasteiger partial charge in [0.25, 0.3) is 0 Å². The van der Waals surface area contributed by atoms with Crippen molar-refractivity contribution in [3.8, 4) is 0 Å². The lowest BCUT2D eigenvalue weighted by Crippen LogP contribution is -2.19. The van der Waals surface area contributed by atoms with Gasteiger partial charge >= 0.3 is 11.9 Å². The van der Waals surface area contributed by atoms with Gasteiger partial charge in [-0.15, -0.1) is 0 Å². The van der Waals surface area contributed by atoms with E-state index in [1.807, 2.05) is 0 Å². The van der Waals surface area contributed by atoms with Crippen LogP contribution in [-0.2, 0) is 14.3 Å². The lowest BCUT2D eigenvalue weighted by atomic mass is 10.2. The van der Waals surface area contributed by atoms with Crippen molar-refractivity contribution in [2.45, 2.75) is 13.8 Å². The molecular weight excluding hydrogens is 136 g/mol. The van der Waals surface area contributed by atoms with Crippen LogP contribution < -0.4 is 0 Å². The van der Waals surface area contributed by atoms with E-state index >= 15 is 0 Å². The van der Waals surface area contributed by atoms with E-state index in [1.54, 1.807) is 13.8 Å². The number of aliphatic hydroxyl groups is 1. The third-order valence-corrected chi connectivity index (χ3v) is 0.815. The van der Waals surface area contributed by atoms with Crippen molar-refractivity contribution in [3.63, 3.8) is 0 Å². The summed E-state index contributed by atoms with van der Waals surface area (Å²) in [6.07, 6.45) is 0. The summed E-state index contributed by atoms with van der Waals surface area (Å²) >= 11 is 0. The molecule has 10 heavy (non-hydrogen) atoms. The summed E-state index contributed by atoms with van der Waals surface area (Å²) in [7, 11) is 0. The summed E-state index contributed by atoms with van der Waals surface area (Å²) in [5.41, 5.74) is 0. The fourth-order valence-electron chi connectivity index (χ4n) is 0.262. The standard InChI is InChI=1S/C6H10O4/c1-4(2)6(9)10-5(8)3-7/h4,7H,3H2,1-2H3. The maximum absolute atomic E-state index is 10.6. The third kappa shape index (κ3) is 3.19. The molecule has 0 unspecified atom stereocenters. The lowest BCUT2D eigenvalue weighted by Gasteiger charge is -2.01. The molecule has 0 rings (SSSR count). The maximum Gasteiger partial charge on any atom is 0.339 e. The molecule has 0 spiro atoms. The van der Waals surface area contributed by atoms with E-state index in [4.69, 9.17) is 5.11 Å². The molecule has 0 amide bonds. The van der Waals surface area contributed by atoms with Gasteiger partial charge in [0, 0.05) is 0 Å². The van der Waals surface area contributed by atoms with Crippen LogP contribution in [0.3, 0.4) is 0 Å². The Bertz CT molecular complexity index is 139. The molecule has 0 aromatic heterocycles. The number of ether oxygens (including phenoxy) is 1. The predicted octanol–water partition coefficient (Wildman–Crippen LogP) is -0.296. The van der Waals surface area contributed by atoms with Crippen LogP contribution in [0.5, 0.6) is 0 Å². The maximum atomic E-state index is 10.6. The molecule has 0 aromatic carbocycles. The van der Waals surface area contributed by atoms with Crippen molar-refractivity contribution >= 4 is 11.9 Å². The fraction of sp³-hybridized carbons (Fsp3) is 0.667. The lowest BCUT2D eigenvalue weighted by molar-refractivity contribution is -0.163. The van der Waals surface area contributed by atoms with Crippen molar-refractivity contribution < 1.29 is 19.4 Å². The Kier molecular flexibility index (Phi) is 3.64. The van der Waals surface area contributed by atoms with Crippen molar-refractivity contribution in [2.75, 3.05) is 6.61 Å². The van der Waals surface area contributed by atoms with Crippen LogP contribution in [0.4, 0.5) is 0 Å². The van der Waals surface area contributed by atoms with E-state index in [2.05, 4.69) is 4.74 Å². The monoisotopic (exact) mass is 146 g/mol. The van der Waals surface area contributed by atoms with Gasteiger partial charge in [-0.3, -0.25) is 4.79 Å². The quantitative estimate of drug-likeness (QED) is 0.429. The van der Waals surface area contributed by atoms with Gasteiger partial charge in [0.2, 0.25) is 0 Å². The Labute approximate surface area is 58.8 Å². The van der Waals surface area contributed by atoms with Gasteiger partial charge in [0.15, 0.2) is 0 Å². The summed E-state index contributed by atoms with van der Waals surface area (Å²) < 4.78 is 4.13. The zero-order valence-corrected chi connectivity index (χ0v) is 5.96. The zero-order chi connectivity index (χ0) is 8.15. The normalized spacial score (nSPS) is 9.60. The van der Waals surface area contributed by atoms with Crippen LogP contribution in [-0.4, -0.2) is 23.7 Å². The predicted molar refractivity (Wildman–Crippen MR) is 33.0 cm³/mol. The molecule has 0 aromatic rings. The molecule has 0 atom stereocenters. The first-order valence-corrected chi connectivity index (χ1v) is 2.93. The fourth-order valence-corrected chi connectivity index (χ4v) is 0.262. The largest absolute Gasteiger partial charge is 0.391 e. The molecule has 0 saturated heterocycles. The molecule has 0 saturated carbocycles. The second-order valence-electron chi connectivity index (χ2n) is 2.11. The first kappa shape index (κ1) is 9.10. The molecule has 0 bridgehead atoms. The van der Waals surface area contributed by atoms with Gasteiger partial charge in [0.1, 0.15) is 6.61 Å². The highest BCUT2D eigenvalue weighted by molar-refractivity contribution is 5.86. The summed E-state index contributed by atoms with van der Waals surface area (Å²) in [5, 5.41) is 8.14. The molecule has 0 aliphatic heterocycles. The molecule has 0 aliphatic rings. The van der Waals surface area contributed by atoms with E-state index in [9.17, 15) is 9.59 Å². The van der Waals surface area contributed by atoms with Gasteiger partial charge in [-0.05, 0) is 0 Å². The minimum Gasteiger partial charge on any atom is -0.391 e.